The SMILES string of the molecule is NCCCC(NC(=O)C(Cc1cccc2ccccc12)NC(=O)N(CCc1ccccc1)CCc1ccccn1)C(N)=O. The Morgan fingerprint density at radius 1 is 0.791 bits per heavy atom. The number of amides is 4. The van der Waals surface area contributed by atoms with Gasteiger partial charge in [0, 0.05) is 37.8 Å². The minimum Gasteiger partial charge on any atom is -0.368 e. The number of benzene rings is 3. The Kier molecular flexibility index (Phi) is 11.6. The predicted molar refractivity (Wildman–Crippen MR) is 169 cm³/mol. The number of rotatable bonds is 15. The van der Waals surface area contributed by atoms with E-state index in [0.717, 1.165) is 27.6 Å². The van der Waals surface area contributed by atoms with Crippen molar-refractivity contribution in [3.05, 3.63) is 114 Å². The van der Waals surface area contributed by atoms with Gasteiger partial charge in [-0.1, -0.05) is 78.9 Å². The normalized spacial score (nSPS) is 12.3. The maximum absolute atomic E-state index is 13.9. The zero-order valence-corrected chi connectivity index (χ0v) is 24.3. The monoisotopic (exact) mass is 580 g/mol. The number of nitrogens with zero attached hydrogens (tertiary/aromatic N) is 2. The molecule has 9 heteroatoms. The molecule has 0 aliphatic rings. The Hall–Kier alpha value is -4.76. The fourth-order valence-electron chi connectivity index (χ4n) is 5.04. The zero-order valence-electron chi connectivity index (χ0n) is 24.3. The molecular formula is C34H40N6O3. The number of carbonyl (C=O) groups is 3. The molecule has 0 saturated heterocycles. The van der Waals surface area contributed by atoms with Crippen LogP contribution in [0, 0.1) is 0 Å². The Balaban J connectivity index is 1.57. The summed E-state index contributed by atoms with van der Waals surface area (Å²) in [5.74, 6) is -1.12. The summed E-state index contributed by atoms with van der Waals surface area (Å²) in [5, 5.41) is 7.77. The van der Waals surface area contributed by atoms with Gasteiger partial charge in [0.2, 0.25) is 11.8 Å². The van der Waals surface area contributed by atoms with Crippen molar-refractivity contribution < 1.29 is 14.4 Å². The minimum absolute atomic E-state index is 0.230. The van der Waals surface area contributed by atoms with E-state index in [1.54, 1.807) is 11.1 Å². The van der Waals surface area contributed by atoms with Gasteiger partial charge < -0.3 is 27.0 Å². The van der Waals surface area contributed by atoms with E-state index in [4.69, 9.17) is 11.5 Å². The molecule has 0 saturated carbocycles. The number of urea groups is 1. The van der Waals surface area contributed by atoms with Crippen LogP contribution in [0.2, 0.25) is 0 Å². The van der Waals surface area contributed by atoms with Crippen molar-refractivity contribution in [3.63, 3.8) is 0 Å². The molecule has 9 nitrogen and oxygen atoms in total. The van der Waals surface area contributed by atoms with Crippen LogP contribution < -0.4 is 22.1 Å². The second kappa shape index (κ2) is 16.0. The van der Waals surface area contributed by atoms with Crippen molar-refractivity contribution in [1.82, 2.24) is 20.5 Å². The number of carbonyl (C=O) groups excluding carboxylic acids is 3. The summed E-state index contributed by atoms with van der Waals surface area (Å²) in [4.78, 5) is 45.8. The molecule has 43 heavy (non-hydrogen) atoms. The first-order valence-electron chi connectivity index (χ1n) is 14.7. The van der Waals surface area contributed by atoms with E-state index in [9.17, 15) is 14.4 Å². The summed E-state index contributed by atoms with van der Waals surface area (Å²) in [6, 6.07) is 27.2. The minimum atomic E-state index is -0.952. The summed E-state index contributed by atoms with van der Waals surface area (Å²) in [6.45, 7) is 1.23. The molecule has 0 fully saturated rings. The lowest BCUT2D eigenvalue weighted by molar-refractivity contribution is -0.128. The molecule has 0 aliphatic carbocycles. The highest BCUT2D eigenvalue weighted by Crippen LogP contribution is 2.20. The lowest BCUT2D eigenvalue weighted by Crippen LogP contribution is -2.56. The third-order valence-corrected chi connectivity index (χ3v) is 7.44. The second-order valence-electron chi connectivity index (χ2n) is 10.5. The highest BCUT2D eigenvalue weighted by atomic mass is 16.2. The maximum Gasteiger partial charge on any atom is 0.318 e. The first-order chi connectivity index (χ1) is 20.9. The smallest absolute Gasteiger partial charge is 0.318 e. The molecule has 3 aromatic carbocycles. The topological polar surface area (TPSA) is 143 Å². The van der Waals surface area contributed by atoms with Crippen LogP contribution in [-0.4, -0.2) is 59.4 Å². The van der Waals surface area contributed by atoms with Crippen LogP contribution in [0.25, 0.3) is 10.8 Å². The van der Waals surface area contributed by atoms with E-state index >= 15 is 0 Å². The molecule has 6 N–H and O–H groups in total. The van der Waals surface area contributed by atoms with Crippen LogP contribution in [0.3, 0.4) is 0 Å². The second-order valence-corrected chi connectivity index (χ2v) is 10.5. The van der Waals surface area contributed by atoms with E-state index in [2.05, 4.69) is 15.6 Å². The van der Waals surface area contributed by atoms with Gasteiger partial charge in [0.25, 0.3) is 0 Å². The molecule has 0 spiro atoms. The molecule has 0 radical (unpaired) electrons. The fraction of sp³-hybridized carbons (Fsp3) is 0.294. The van der Waals surface area contributed by atoms with Crippen LogP contribution in [0.5, 0.6) is 0 Å². The summed E-state index contributed by atoms with van der Waals surface area (Å²) in [7, 11) is 0. The van der Waals surface area contributed by atoms with E-state index < -0.39 is 23.9 Å². The van der Waals surface area contributed by atoms with Crippen molar-refractivity contribution in [2.24, 2.45) is 11.5 Å². The van der Waals surface area contributed by atoms with Gasteiger partial charge in [-0.2, -0.15) is 0 Å². The van der Waals surface area contributed by atoms with E-state index in [1.807, 2.05) is 91.0 Å². The van der Waals surface area contributed by atoms with Crippen molar-refractivity contribution in [2.75, 3.05) is 19.6 Å². The van der Waals surface area contributed by atoms with Gasteiger partial charge in [-0.25, -0.2) is 4.79 Å². The summed E-state index contributed by atoms with van der Waals surface area (Å²) >= 11 is 0. The van der Waals surface area contributed by atoms with Crippen molar-refractivity contribution in [1.29, 1.82) is 0 Å². The average molecular weight is 581 g/mol. The maximum atomic E-state index is 13.9. The molecule has 4 rings (SSSR count). The number of nitrogens with two attached hydrogens (primary N) is 2. The number of hydrogen-bond acceptors (Lipinski definition) is 5. The molecule has 2 unspecified atom stereocenters. The van der Waals surface area contributed by atoms with Gasteiger partial charge in [-0.3, -0.25) is 14.6 Å². The zero-order chi connectivity index (χ0) is 30.4. The number of nitrogens with one attached hydrogen (secondary N) is 2. The highest BCUT2D eigenvalue weighted by molar-refractivity contribution is 5.92. The van der Waals surface area contributed by atoms with Gasteiger partial charge >= 0.3 is 6.03 Å². The molecule has 224 valence electrons. The third-order valence-electron chi connectivity index (χ3n) is 7.44. The predicted octanol–water partition coefficient (Wildman–Crippen LogP) is 3.35. The number of hydrogen-bond donors (Lipinski definition) is 4. The van der Waals surface area contributed by atoms with E-state index in [0.29, 0.717) is 45.3 Å². The van der Waals surface area contributed by atoms with Crippen LogP contribution >= 0.6 is 0 Å². The van der Waals surface area contributed by atoms with Gasteiger partial charge in [-0.05, 0) is 59.8 Å². The summed E-state index contributed by atoms with van der Waals surface area (Å²) in [5.41, 5.74) is 14.1. The molecule has 0 bridgehead atoms. The molecule has 1 aromatic heterocycles. The summed E-state index contributed by atoms with van der Waals surface area (Å²) < 4.78 is 0. The largest absolute Gasteiger partial charge is 0.368 e. The average Bonchev–Trinajstić information content (AvgIpc) is 3.03. The molecular weight excluding hydrogens is 540 g/mol. The van der Waals surface area contributed by atoms with Crippen LogP contribution in [-0.2, 0) is 28.9 Å². The number of pyridine rings is 1. The standard InChI is InChI=1S/C34H40N6O3/c35-20-9-17-30(32(36)41)38-33(42)31(24-27-14-8-13-26-12-4-5-16-29(26)27)39-34(43)40(22-18-25-10-2-1-3-11-25)23-19-28-15-6-7-21-37-28/h1-8,10-16,21,30-31H,9,17-20,22-24,35H2,(H2,36,41)(H,38,42)(H,39,43). The molecule has 0 aliphatic heterocycles. The lowest BCUT2D eigenvalue weighted by atomic mass is 9.98. The molecule has 4 aromatic rings. The van der Waals surface area contributed by atoms with Crippen molar-refractivity contribution in [2.45, 2.75) is 44.2 Å². The lowest BCUT2D eigenvalue weighted by Gasteiger charge is -2.27. The fourth-order valence-corrected chi connectivity index (χ4v) is 5.04. The van der Waals surface area contributed by atoms with Gasteiger partial charge in [-0.15, -0.1) is 0 Å². The Bertz CT molecular complexity index is 1430. The van der Waals surface area contributed by atoms with Crippen molar-refractivity contribution in [3.8, 4) is 0 Å². The van der Waals surface area contributed by atoms with Gasteiger partial charge in [0.1, 0.15) is 12.1 Å². The highest BCUT2D eigenvalue weighted by Gasteiger charge is 2.28. The first kappa shape index (κ1) is 31.2. The number of primary amides is 1. The first-order valence-corrected chi connectivity index (χ1v) is 14.7. The third kappa shape index (κ3) is 9.37. The Labute approximate surface area is 252 Å². The van der Waals surface area contributed by atoms with E-state index in [-0.39, 0.29) is 12.5 Å². The van der Waals surface area contributed by atoms with Gasteiger partial charge in [0.15, 0.2) is 0 Å². The number of fused-ring (bicyclic) bond motifs is 1. The Morgan fingerprint density at radius 3 is 2.26 bits per heavy atom. The number of aromatic nitrogens is 1. The molecule has 4 amide bonds. The molecule has 1 heterocycles. The van der Waals surface area contributed by atoms with E-state index in [1.165, 1.54) is 0 Å². The van der Waals surface area contributed by atoms with Gasteiger partial charge in [0.05, 0.1) is 0 Å². The van der Waals surface area contributed by atoms with Crippen LogP contribution in [0.1, 0.15) is 29.7 Å². The molecule has 2 atom stereocenters. The van der Waals surface area contributed by atoms with Crippen LogP contribution in [0.15, 0.2) is 97.2 Å². The summed E-state index contributed by atoms with van der Waals surface area (Å²) in [6.07, 6.45) is 4.02. The Morgan fingerprint density at radius 2 is 1.51 bits per heavy atom. The quantitative estimate of drug-likeness (QED) is 0.171. The van der Waals surface area contributed by atoms with Crippen LogP contribution in [0.4, 0.5) is 4.79 Å². The van der Waals surface area contributed by atoms with Crippen molar-refractivity contribution >= 4 is 28.6 Å².